The predicted molar refractivity (Wildman–Crippen MR) is 72.4 cm³/mol. The van der Waals surface area contributed by atoms with Crippen LogP contribution in [0.5, 0.6) is 0 Å². The highest BCUT2D eigenvalue weighted by Crippen LogP contribution is 2.11. The molecule has 0 aliphatic rings. The Labute approximate surface area is 114 Å². The molecule has 0 saturated heterocycles. The van der Waals surface area contributed by atoms with Crippen molar-refractivity contribution in [3.63, 3.8) is 0 Å². The van der Waals surface area contributed by atoms with Gasteiger partial charge in [0.15, 0.2) is 0 Å². The normalized spacial score (nSPS) is 12.3. The number of hydrogen-bond donors (Lipinski definition) is 2. The van der Waals surface area contributed by atoms with E-state index >= 15 is 0 Å². The molecule has 2 aromatic rings. The summed E-state index contributed by atoms with van der Waals surface area (Å²) in [4.78, 5) is 34.5. The Morgan fingerprint density at radius 2 is 1.90 bits per heavy atom. The number of aliphatic carboxylic acids is 1. The maximum atomic E-state index is 12.1. The lowest BCUT2D eigenvalue weighted by Crippen LogP contribution is -2.41. The number of hydrogen-bond acceptors (Lipinski definition) is 3. The first kappa shape index (κ1) is 13.9. The quantitative estimate of drug-likeness (QED) is 0.818. The van der Waals surface area contributed by atoms with Gasteiger partial charge in [0.05, 0.1) is 11.0 Å². The summed E-state index contributed by atoms with van der Waals surface area (Å²) in [5.74, 6) is -1.64. The molecule has 1 atom stereocenters. The third-order valence-electron chi connectivity index (χ3n) is 3.10. The lowest BCUT2D eigenvalue weighted by Gasteiger charge is -2.09. The van der Waals surface area contributed by atoms with E-state index in [1.165, 1.54) is 16.1 Å². The fourth-order valence-electron chi connectivity index (χ4n) is 2.01. The van der Waals surface area contributed by atoms with E-state index in [1.54, 1.807) is 31.3 Å². The summed E-state index contributed by atoms with van der Waals surface area (Å²) in [7, 11) is 1.62. The Balaban J connectivity index is 2.31. The van der Waals surface area contributed by atoms with Crippen LogP contribution < -0.4 is 11.0 Å². The van der Waals surface area contributed by atoms with Gasteiger partial charge in [0.25, 0.3) is 0 Å². The molecule has 1 aromatic heterocycles. The number of aromatic nitrogens is 2. The molecule has 0 saturated carbocycles. The number of carbonyl (C=O) groups excluding carboxylic acids is 1. The van der Waals surface area contributed by atoms with E-state index in [0.29, 0.717) is 5.52 Å². The summed E-state index contributed by atoms with van der Waals surface area (Å²) in [5.41, 5.74) is 1.04. The molecule has 0 unspecified atom stereocenters. The Hall–Kier alpha value is -2.57. The van der Waals surface area contributed by atoms with Crippen LogP contribution in [0.25, 0.3) is 11.0 Å². The third-order valence-corrected chi connectivity index (χ3v) is 3.10. The van der Waals surface area contributed by atoms with Crippen LogP contribution in [0.2, 0.25) is 0 Å². The Morgan fingerprint density at radius 1 is 1.30 bits per heavy atom. The van der Waals surface area contributed by atoms with Crippen molar-refractivity contribution < 1.29 is 14.7 Å². The molecule has 0 radical (unpaired) electrons. The van der Waals surface area contributed by atoms with E-state index in [9.17, 15) is 14.4 Å². The minimum atomic E-state index is -1.12. The zero-order valence-electron chi connectivity index (χ0n) is 11.2. The monoisotopic (exact) mass is 277 g/mol. The minimum Gasteiger partial charge on any atom is -0.480 e. The summed E-state index contributed by atoms with van der Waals surface area (Å²) in [6, 6.07) is 6.11. The summed E-state index contributed by atoms with van der Waals surface area (Å²) < 4.78 is 2.77. The van der Waals surface area contributed by atoms with Crippen molar-refractivity contribution in [1.82, 2.24) is 14.5 Å². The molecule has 1 amide bonds. The molecule has 1 aromatic carbocycles. The summed E-state index contributed by atoms with van der Waals surface area (Å²) in [6.45, 7) is 1.16. The van der Waals surface area contributed by atoms with Gasteiger partial charge in [-0.1, -0.05) is 12.1 Å². The van der Waals surface area contributed by atoms with Crippen LogP contribution in [0.1, 0.15) is 6.92 Å². The molecule has 0 bridgehead atoms. The second-order valence-electron chi connectivity index (χ2n) is 4.54. The van der Waals surface area contributed by atoms with Gasteiger partial charge in [-0.05, 0) is 19.1 Å². The summed E-state index contributed by atoms with van der Waals surface area (Å²) >= 11 is 0. The van der Waals surface area contributed by atoms with Crippen LogP contribution >= 0.6 is 0 Å². The first-order chi connectivity index (χ1) is 9.41. The first-order valence-electron chi connectivity index (χ1n) is 6.08. The average Bonchev–Trinajstić information content (AvgIpc) is 2.64. The van der Waals surface area contributed by atoms with Crippen molar-refractivity contribution in [2.45, 2.75) is 19.5 Å². The second kappa shape index (κ2) is 5.20. The van der Waals surface area contributed by atoms with Gasteiger partial charge in [-0.2, -0.15) is 0 Å². The lowest BCUT2D eigenvalue weighted by atomic mass is 10.3. The van der Waals surface area contributed by atoms with Crippen LogP contribution in [0.4, 0.5) is 0 Å². The van der Waals surface area contributed by atoms with Gasteiger partial charge in [-0.25, -0.2) is 4.79 Å². The van der Waals surface area contributed by atoms with E-state index in [-0.39, 0.29) is 12.2 Å². The van der Waals surface area contributed by atoms with Crippen LogP contribution in [0.15, 0.2) is 29.1 Å². The number of amides is 1. The number of aryl methyl sites for hydroxylation is 1. The molecular formula is C13H15N3O4. The zero-order chi connectivity index (χ0) is 14.9. The van der Waals surface area contributed by atoms with Crippen LogP contribution in [0.3, 0.4) is 0 Å². The summed E-state index contributed by atoms with van der Waals surface area (Å²) in [6.07, 6.45) is 0. The van der Waals surface area contributed by atoms with E-state index in [1.807, 2.05) is 0 Å². The third kappa shape index (κ3) is 2.42. The smallest absolute Gasteiger partial charge is 0.329 e. The van der Waals surface area contributed by atoms with Crippen molar-refractivity contribution >= 4 is 22.9 Å². The highest BCUT2D eigenvalue weighted by atomic mass is 16.4. The lowest BCUT2D eigenvalue weighted by molar-refractivity contribution is -0.141. The van der Waals surface area contributed by atoms with Gasteiger partial charge in [-0.15, -0.1) is 0 Å². The average molecular weight is 277 g/mol. The van der Waals surface area contributed by atoms with E-state index in [4.69, 9.17) is 5.11 Å². The number of rotatable bonds is 4. The van der Waals surface area contributed by atoms with Crippen LogP contribution in [-0.4, -0.2) is 32.2 Å². The Kier molecular flexibility index (Phi) is 3.60. The van der Waals surface area contributed by atoms with Gasteiger partial charge in [0, 0.05) is 7.05 Å². The molecule has 0 fully saturated rings. The molecule has 7 nitrogen and oxygen atoms in total. The fraction of sp³-hybridized carbons (Fsp3) is 0.308. The van der Waals surface area contributed by atoms with Crippen molar-refractivity contribution in [1.29, 1.82) is 0 Å². The first-order valence-corrected chi connectivity index (χ1v) is 6.08. The largest absolute Gasteiger partial charge is 0.480 e. The summed E-state index contributed by atoms with van der Waals surface area (Å²) in [5, 5.41) is 11.1. The fourth-order valence-corrected chi connectivity index (χ4v) is 2.01. The number of carboxylic acid groups (broad SMARTS) is 1. The maximum Gasteiger partial charge on any atom is 0.329 e. The maximum absolute atomic E-state index is 12.1. The Morgan fingerprint density at radius 3 is 2.50 bits per heavy atom. The molecule has 0 aliphatic heterocycles. The minimum absolute atomic E-state index is 0.211. The standard InChI is InChI=1S/C13H15N3O4/c1-8(12(18)19)14-11(17)7-16-10-6-4-3-5-9(10)15(2)13(16)20/h3-6,8H,7H2,1-2H3,(H,14,17)(H,18,19)/t8-/m1/s1. The number of para-hydroxylation sites is 2. The van der Waals surface area contributed by atoms with Crippen LogP contribution in [0, 0.1) is 0 Å². The molecule has 0 spiro atoms. The van der Waals surface area contributed by atoms with Crippen LogP contribution in [-0.2, 0) is 23.2 Å². The van der Waals surface area contributed by atoms with Gasteiger partial charge < -0.3 is 10.4 Å². The molecule has 106 valence electrons. The number of nitrogens with one attached hydrogen (secondary N) is 1. The van der Waals surface area contributed by atoms with E-state index < -0.39 is 17.9 Å². The predicted octanol–water partition coefficient (Wildman–Crippen LogP) is -0.0707. The Bertz CT molecular complexity index is 729. The number of carboxylic acids is 1. The SMILES string of the molecule is C[C@@H](NC(=O)Cn1c(=O)n(C)c2ccccc21)C(=O)O. The number of benzene rings is 1. The van der Waals surface area contributed by atoms with Crippen molar-refractivity contribution in [3.05, 3.63) is 34.7 Å². The molecule has 7 heteroatoms. The highest BCUT2D eigenvalue weighted by Gasteiger charge is 2.17. The number of imidazole rings is 1. The topological polar surface area (TPSA) is 93.3 Å². The number of fused-ring (bicyclic) bond motifs is 1. The van der Waals surface area contributed by atoms with Gasteiger partial charge >= 0.3 is 11.7 Å². The molecule has 2 N–H and O–H groups in total. The zero-order valence-corrected chi connectivity index (χ0v) is 11.2. The number of nitrogens with zero attached hydrogens (tertiary/aromatic N) is 2. The highest BCUT2D eigenvalue weighted by molar-refractivity contribution is 5.84. The van der Waals surface area contributed by atoms with Gasteiger partial charge in [-0.3, -0.25) is 18.7 Å². The number of carbonyl (C=O) groups is 2. The van der Waals surface area contributed by atoms with Crippen molar-refractivity contribution in [2.75, 3.05) is 0 Å². The van der Waals surface area contributed by atoms with E-state index in [2.05, 4.69) is 5.32 Å². The molecule has 1 heterocycles. The van der Waals surface area contributed by atoms with E-state index in [0.717, 1.165) is 5.52 Å². The van der Waals surface area contributed by atoms with Gasteiger partial charge in [0.2, 0.25) is 5.91 Å². The molecule has 20 heavy (non-hydrogen) atoms. The van der Waals surface area contributed by atoms with Crippen molar-refractivity contribution in [3.8, 4) is 0 Å². The second-order valence-corrected chi connectivity index (χ2v) is 4.54. The molecule has 2 rings (SSSR count). The van der Waals surface area contributed by atoms with Gasteiger partial charge in [0.1, 0.15) is 12.6 Å². The van der Waals surface area contributed by atoms with Crippen molar-refractivity contribution in [2.24, 2.45) is 7.05 Å². The molecular weight excluding hydrogens is 262 g/mol. The molecule has 0 aliphatic carbocycles.